The van der Waals surface area contributed by atoms with E-state index in [1.165, 1.54) is 38.5 Å². The molecule has 0 saturated carbocycles. The van der Waals surface area contributed by atoms with Crippen molar-refractivity contribution in [1.82, 2.24) is 10.0 Å². The predicted octanol–water partition coefficient (Wildman–Crippen LogP) is 2.80. The van der Waals surface area contributed by atoms with Crippen molar-refractivity contribution in [1.29, 1.82) is 0 Å². The molecule has 0 aromatic rings. The number of nitrogens with one attached hydrogen (secondary N) is 2. The summed E-state index contributed by atoms with van der Waals surface area (Å²) >= 11 is 0. The summed E-state index contributed by atoms with van der Waals surface area (Å²) in [6, 6.07) is 0.398. The first-order valence-electron chi connectivity index (χ1n) is 8.35. The third-order valence-corrected chi connectivity index (χ3v) is 5.42. The molecule has 0 aromatic carbocycles. The lowest BCUT2D eigenvalue weighted by Gasteiger charge is -2.23. The molecule has 4 nitrogen and oxygen atoms in total. The second-order valence-corrected chi connectivity index (χ2v) is 7.84. The van der Waals surface area contributed by atoms with Gasteiger partial charge in [-0.15, -0.1) is 0 Å². The van der Waals surface area contributed by atoms with Crippen LogP contribution in [0.25, 0.3) is 0 Å². The van der Waals surface area contributed by atoms with E-state index in [0.717, 1.165) is 32.2 Å². The normalized spacial score (nSPS) is 20.1. The van der Waals surface area contributed by atoms with Gasteiger partial charge in [-0.1, -0.05) is 45.4 Å². The number of hydrogen-bond acceptors (Lipinski definition) is 3. The Bertz CT molecular complexity index is 325. The Balaban J connectivity index is 2.02. The number of rotatable bonds is 11. The maximum absolute atomic E-state index is 11.9. The zero-order chi connectivity index (χ0) is 14.7. The van der Waals surface area contributed by atoms with E-state index in [4.69, 9.17) is 0 Å². The Labute approximate surface area is 125 Å². The molecule has 1 rings (SSSR count). The molecule has 1 aliphatic rings. The Morgan fingerprint density at radius 2 is 1.85 bits per heavy atom. The van der Waals surface area contributed by atoms with Crippen molar-refractivity contribution in [2.24, 2.45) is 0 Å². The minimum absolute atomic E-state index is 0.264. The summed E-state index contributed by atoms with van der Waals surface area (Å²) < 4.78 is 26.5. The quantitative estimate of drug-likeness (QED) is 0.577. The molecule has 0 aromatic heterocycles. The minimum atomic E-state index is -3.07. The Kier molecular flexibility index (Phi) is 9.48. The highest BCUT2D eigenvalue weighted by molar-refractivity contribution is 7.89. The van der Waals surface area contributed by atoms with E-state index in [2.05, 4.69) is 17.0 Å². The standard InChI is InChI=1S/C15H32N2O2S/c1-2-3-4-5-6-8-13-17-20(18,19)14-11-15-10-7-9-12-16-15/h15-17H,2-14H2,1H3. The summed E-state index contributed by atoms with van der Waals surface area (Å²) in [7, 11) is -3.07. The monoisotopic (exact) mass is 304 g/mol. The summed E-state index contributed by atoms with van der Waals surface area (Å²) in [5.41, 5.74) is 0. The molecule has 1 atom stereocenters. The van der Waals surface area contributed by atoms with Crippen LogP contribution in [0, 0.1) is 0 Å². The molecule has 120 valence electrons. The molecule has 2 N–H and O–H groups in total. The van der Waals surface area contributed by atoms with Gasteiger partial charge in [0.2, 0.25) is 10.0 Å². The topological polar surface area (TPSA) is 58.2 Å². The largest absolute Gasteiger partial charge is 0.314 e. The third kappa shape index (κ3) is 8.93. The number of hydrogen-bond donors (Lipinski definition) is 2. The van der Waals surface area contributed by atoms with Gasteiger partial charge in [-0.2, -0.15) is 0 Å². The maximum Gasteiger partial charge on any atom is 0.211 e. The van der Waals surface area contributed by atoms with Crippen LogP contribution < -0.4 is 10.0 Å². The van der Waals surface area contributed by atoms with Crippen LogP contribution in [0.1, 0.15) is 71.1 Å². The number of unbranched alkanes of at least 4 members (excludes halogenated alkanes) is 5. The Morgan fingerprint density at radius 1 is 1.10 bits per heavy atom. The molecule has 0 spiro atoms. The lowest BCUT2D eigenvalue weighted by atomic mass is 10.0. The van der Waals surface area contributed by atoms with Gasteiger partial charge in [0.05, 0.1) is 5.75 Å². The first-order valence-corrected chi connectivity index (χ1v) is 10.00. The molecular weight excluding hydrogens is 272 g/mol. The minimum Gasteiger partial charge on any atom is -0.314 e. The van der Waals surface area contributed by atoms with Gasteiger partial charge in [0, 0.05) is 12.6 Å². The highest BCUT2D eigenvalue weighted by Crippen LogP contribution is 2.11. The predicted molar refractivity (Wildman–Crippen MR) is 85.4 cm³/mol. The molecule has 1 aliphatic heterocycles. The van der Waals surface area contributed by atoms with Crippen molar-refractivity contribution in [2.45, 2.75) is 77.2 Å². The van der Waals surface area contributed by atoms with Gasteiger partial charge in [-0.25, -0.2) is 13.1 Å². The van der Waals surface area contributed by atoms with E-state index in [1.807, 2.05) is 0 Å². The lowest BCUT2D eigenvalue weighted by molar-refractivity contribution is 0.392. The van der Waals surface area contributed by atoms with Gasteiger partial charge in [0.25, 0.3) is 0 Å². The molecule has 0 amide bonds. The smallest absolute Gasteiger partial charge is 0.211 e. The fourth-order valence-corrected chi connectivity index (χ4v) is 3.87. The SMILES string of the molecule is CCCCCCCCNS(=O)(=O)CCC1CCCCN1. The zero-order valence-corrected chi connectivity index (χ0v) is 13.8. The molecular formula is C15H32N2O2S. The molecule has 0 bridgehead atoms. The highest BCUT2D eigenvalue weighted by Gasteiger charge is 2.16. The third-order valence-electron chi connectivity index (χ3n) is 4.00. The van der Waals surface area contributed by atoms with Crippen molar-refractivity contribution in [2.75, 3.05) is 18.8 Å². The number of sulfonamides is 1. The average molecular weight is 305 g/mol. The highest BCUT2D eigenvalue weighted by atomic mass is 32.2. The summed E-state index contributed by atoms with van der Waals surface area (Å²) in [6.45, 7) is 3.84. The molecule has 1 fully saturated rings. The van der Waals surface area contributed by atoms with Crippen molar-refractivity contribution < 1.29 is 8.42 Å². The zero-order valence-electron chi connectivity index (χ0n) is 13.0. The fourth-order valence-electron chi connectivity index (χ4n) is 2.67. The van der Waals surface area contributed by atoms with Crippen LogP contribution in [0.3, 0.4) is 0 Å². The van der Waals surface area contributed by atoms with Crippen molar-refractivity contribution in [3.05, 3.63) is 0 Å². The van der Waals surface area contributed by atoms with Crippen LogP contribution in [-0.2, 0) is 10.0 Å². The summed E-state index contributed by atoms with van der Waals surface area (Å²) in [5, 5.41) is 3.40. The second kappa shape index (κ2) is 10.6. The van der Waals surface area contributed by atoms with Crippen LogP contribution >= 0.6 is 0 Å². The van der Waals surface area contributed by atoms with Gasteiger partial charge in [-0.3, -0.25) is 0 Å². The fraction of sp³-hybridized carbons (Fsp3) is 1.00. The van der Waals surface area contributed by atoms with E-state index in [0.29, 0.717) is 12.6 Å². The second-order valence-electron chi connectivity index (χ2n) is 5.92. The summed E-state index contributed by atoms with van der Waals surface area (Å²) in [6.07, 6.45) is 11.4. The lowest BCUT2D eigenvalue weighted by Crippen LogP contribution is -2.37. The van der Waals surface area contributed by atoms with Crippen LogP contribution in [0.5, 0.6) is 0 Å². The van der Waals surface area contributed by atoms with Crippen LogP contribution in [-0.4, -0.2) is 33.3 Å². The Hall–Kier alpha value is -0.130. The van der Waals surface area contributed by atoms with E-state index in [-0.39, 0.29) is 5.75 Å². The number of piperidine rings is 1. The average Bonchev–Trinajstić information content (AvgIpc) is 2.45. The van der Waals surface area contributed by atoms with Crippen molar-refractivity contribution in [3.63, 3.8) is 0 Å². The molecule has 1 heterocycles. The van der Waals surface area contributed by atoms with Crippen molar-refractivity contribution in [3.8, 4) is 0 Å². The van der Waals surface area contributed by atoms with Gasteiger partial charge in [0.1, 0.15) is 0 Å². The summed E-state index contributed by atoms with van der Waals surface area (Å²) in [4.78, 5) is 0. The Morgan fingerprint density at radius 3 is 2.55 bits per heavy atom. The molecule has 5 heteroatoms. The van der Waals surface area contributed by atoms with Gasteiger partial charge < -0.3 is 5.32 Å². The van der Waals surface area contributed by atoms with Gasteiger partial charge >= 0.3 is 0 Å². The van der Waals surface area contributed by atoms with Crippen LogP contribution in [0.2, 0.25) is 0 Å². The maximum atomic E-state index is 11.9. The molecule has 1 unspecified atom stereocenters. The molecule has 0 aliphatic carbocycles. The molecule has 1 saturated heterocycles. The molecule has 0 radical (unpaired) electrons. The van der Waals surface area contributed by atoms with Gasteiger partial charge in [0.15, 0.2) is 0 Å². The van der Waals surface area contributed by atoms with E-state index in [9.17, 15) is 8.42 Å². The van der Waals surface area contributed by atoms with Crippen molar-refractivity contribution >= 4 is 10.0 Å². The first kappa shape index (κ1) is 17.9. The van der Waals surface area contributed by atoms with E-state index < -0.39 is 10.0 Å². The summed E-state index contributed by atoms with van der Waals surface area (Å²) in [5.74, 6) is 0.264. The van der Waals surface area contributed by atoms with E-state index in [1.54, 1.807) is 0 Å². The first-order chi connectivity index (χ1) is 9.64. The van der Waals surface area contributed by atoms with Crippen LogP contribution in [0.4, 0.5) is 0 Å². The van der Waals surface area contributed by atoms with Crippen LogP contribution in [0.15, 0.2) is 0 Å². The molecule has 20 heavy (non-hydrogen) atoms. The van der Waals surface area contributed by atoms with E-state index >= 15 is 0 Å². The van der Waals surface area contributed by atoms with Gasteiger partial charge in [-0.05, 0) is 32.2 Å².